The predicted octanol–water partition coefficient (Wildman–Crippen LogP) is 13.5. The molecular weight excluding hydrogens is 817 g/mol. The number of carbonyl (C=O) groups is 1. The Labute approximate surface area is 392 Å². The van der Waals surface area contributed by atoms with Gasteiger partial charge in [-0.25, -0.2) is 19.8 Å². The molecule has 3 aromatic rings. The molecule has 0 spiro atoms. The maximum absolute atomic E-state index is 12.5. The van der Waals surface area contributed by atoms with E-state index in [0.717, 1.165) is 112 Å². The summed E-state index contributed by atoms with van der Waals surface area (Å²) in [5.74, 6) is -0.486. The zero-order valence-electron chi connectivity index (χ0n) is 39.9. The van der Waals surface area contributed by atoms with Gasteiger partial charge in [-0.1, -0.05) is 141 Å². The molecule has 0 amide bonds. The van der Waals surface area contributed by atoms with Crippen LogP contribution >= 0.6 is 0 Å². The monoisotopic (exact) mass is 887 g/mol. The number of aromatic nitrogens is 1. The fourth-order valence-electron chi connectivity index (χ4n) is 9.39. The van der Waals surface area contributed by atoms with Gasteiger partial charge in [-0.2, -0.15) is 0 Å². The van der Waals surface area contributed by atoms with Gasteiger partial charge in [0.1, 0.15) is 0 Å². The van der Waals surface area contributed by atoms with Crippen molar-refractivity contribution in [1.82, 2.24) is 4.98 Å². The highest BCUT2D eigenvalue weighted by molar-refractivity contribution is 6.33. The number of nitrogens with zero attached hydrogens (tertiary/aromatic N) is 3. The lowest BCUT2D eigenvalue weighted by Gasteiger charge is -2.12. The van der Waals surface area contributed by atoms with Crippen LogP contribution in [0.1, 0.15) is 170 Å². The van der Waals surface area contributed by atoms with Crippen LogP contribution in [0.3, 0.4) is 0 Å². The van der Waals surface area contributed by atoms with E-state index in [1.165, 1.54) is 110 Å². The summed E-state index contributed by atoms with van der Waals surface area (Å²) in [4.78, 5) is 32.7. The number of hydrogen-bond donors (Lipinski definition) is 2. The number of H-pyrrole nitrogens is 1. The molecule has 66 heavy (non-hydrogen) atoms. The van der Waals surface area contributed by atoms with Crippen LogP contribution in [-0.4, -0.2) is 47.4 Å². The van der Waals surface area contributed by atoms with Crippen LogP contribution in [-0.2, 0) is 9.47 Å². The number of fused-ring (bicyclic) bond motifs is 5. The molecule has 1 aromatic heterocycles. The highest BCUT2D eigenvalue weighted by Crippen LogP contribution is 2.36. The van der Waals surface area contributed by atoms with Crippen LogP contribution in [0.5, 0.6) is 0 Å². The normalized spacial score (nSPS) is 15.3. The summed E-state index contributed by atoms with van der Waals surface area (Å²) < 4.78 is 10.2. The number of esters is 1. The van der Waals surface area contributed by atoms with Crippen LogP contribution in [0, 0.1) is 0 Å². The topological polar surface area (TPSA) is 109 Å². The molecule has 0 saturated carbocycles. The Morgan fingerprint density at radius 3 is 1.56 bits per heavy atom. The lowest BCUT2D eigenvalue weighted by molar-refractivity contribution is 0.0600. The van der Waals surface area contributed by atoms with Crippen LogP contribution in [0.25, 0.3) is 22.7 Å². The third-order valence-electron chi connectivity index (χ3n) is 13.2. The van der Waals surface area contributed by atoms with E-state index in [1.807, 2.05) is 48.5 Å². The molecule has 5 heterocycles. The highest BCUT2D eigenvalue weighted by Gasteiger charge is 2.25. The zero-order valence-corrected chi connectivity index (χ0v) is 39.9. The van der Waals surface area contributed by atoms with E-state index >= 15 is 0 Å². The second-order valence-electron chi connectivity index (χ2n) is 18.0. The molecule has 4 aliphatic heterocycles. The molecule has 8 heteroatoms. The van der Waals surface area contributed by atoms with Crippen molar-refractivity contribution in [2.75, 3.05) is 14.2 Å². The second kappa shape index (κ2) is 24.5. The number of methoxy groups -OCH3 is 2. The lowest BCUT2D eigenvalue weighted by atomic mass is 9.97. The summed E-state index contributed by atoms with van der Waals surface area (Å²) in [6.45, 7) is 4.54. The number of aliphatic hydroxyl groups excluding tert-OH is 1. The first-order chi connectivity index (χ1) is 32.4. The Kier molecular flexibility index (Phi) is 17.8. The first kappa shape index (κ1) is 47.9. The van der Waals surface area contributed by atoms with Crippen molar-refractivity contribution in [1.29, 1.82) is 0 Å². The SMILES string of the molecule is CCCCCCCCCCCC1=C2C=CC(=N2)C(=c2ccc(=C(O)OC)cc2)c2ccc([nH]2)C(CCCCCCCCCCC)=C2C=CC(=N2)C(c2ccc(C(=O)OC)cc2)=C2C=CC1=N2. The number of aromatic amines is 1. The molecule has 346 valence electrons. The molecule has 0 fully saturated rings. The standard InChI is InChI=1S/C58H70N4O4/c1-5-7-9-11-13-15-17-19-21-23-45-47-33-37-51(59-47)55(41-25-29-43(30-26-41)57(63)65-3)53-39-35-49(61-53)46(24-22-20-18-16-14-12-10-8-6-2)50-36-40-54(62-50)56(52-38-34-48(45)60-52)42-27-31-44(32-28-42)58(64)66-4/h25-40,59,63H,5-24H2,1-4H3. The number of unbranched alkanes of at least 4 members (excludes halogenated alkanes) is 16. The molecule has 2 aromatic carbocycles. The maximum Gasteiger partial charge on any atom is 0.337 e. The van der Waals surface area contributed by atoms with Gasteiger partial charge < -0.3 is 19.6 Å². The molecule has 8 bridgehead atoms. The molecule has 2 N–H and O–H groups in total. The van der Waals surface area contributed by atoms with Crippen LogP contribution in [0.2, 0.25) is 0 Å². The number of carbonyl (C=O) groups excluding carboxylic acids is 1. The summed E-state index contributed by atoms with van der Waals surface area (Å²) in [5, 5.41) is 12.0. The molecular formula is C58H70N4O4. The first-order valence-electron chi connectivity index (χ1n) is 24.9. The Hall–Kier alpha value is -6.02. The average Bonchev–Trinajstić information content (AvgIpc) is 4.20. The van der Waals surface area contributed by atoms with Crippen LogP contribution in [0.4, 0.5) is 0 Å². The fourth-order valence-corrected chi connectivity index (χ4v) is 9.39. The van der Waals surface area contributed by atoms with Crippen molar-refractivity contribution in [3.8, 4) is 0 Å². The third-order valence-corrected chi connectivity index (χ3v) is 13.2. The smallest absolute Gasteiger partial charge is 0.337 e. The Balaban J connectivity index is 1.33. The average molecular weight is 887 g/mol. The summed E-state index contributed by atoms with van der Waals surface area (Å²) in [6, 6.07) is 19.8. The molecule has 0 atom stereocenters. The number of allylic oxidation sites excluding steroid dienone is 9. The van der Waals surface area contributed by atoms with Crippen molar-refractivity contribution in [3.05, 3.63) is 153 Å². The van der Waals surface area contributed by atoms with E-state index in [2.05, 4.69) is 67.4 Å². The van der Waals surface area contributed by atoms with Crippen molar-refractivity contribution >= 4 is 45.8 Å². The molecule has 7 rings (SSSR count). The number of rotatable bonds is 23. The van der Waals surface area contributed by atoms with Gasteiger partial charge >= 0.3 is 5.97 Å². The summed E-state index contributed by atoms with van der Waals surface area (Å²) in [7, 11) is 2.88. The van der Waals surface area contributed by atoms with Gasteiger partial charge in [0, 0.05) is 33.7 Å². The van der Waals surface area contributed by atoms with Crippen molar-refractivity contribution in [2.24, 2.45) is 15.0 Å². The number of hydrogen-bond acceptors (Lipinski definition) is 7. The molecule has 0 saturated heterocycles. The summed E-state index contributed by atoms with van der Waals surface area (Å²) in [6.07, 6.45) is 37.1. The second-order valence-corrected chi connectivity index (χ2v) is 18.0. The van der Waals surface area contributed by atoms with Gasteiger partial charge in [0.15, 0.2) is 0 Å². The number of nitrogens with one attached hydrogen (secondary N) is 1. The number of ether oxygens (including phenoxy) is 2. The van der Waals surface area contributed by atoms with Gasteiger partial charge in [0.2, 0.25) is 0 Å². The van der Waals surface area contributed by atoms with E-state index in [9.17, 15) is 9.90 Å². The fraction of sp³-hybridized carbons (Fsp3) is 0.414. The van der Waals surface area contributed by atoms with Crippen molar-refractivity contribution in [3.63, 3.8) is 0 Å². The zero-order chi connectivity index (χ0) is 46.1. The number of aliphatic hydroxyl groups is 1. The van der Waals surface area contributed by atoms with Gasteiger partial charge in [-0.3, -0.25) is 0 Å². The van der Waals surface area contributed by atoms with Crippen molar-refractivity contribution in [2.45, 2.75) is 142 Å². The largest absolute Gasteiger partial charge is 0.481 e. The first-order valence-corrected chi connectivity index (χ1v) is 24.9. The van der Waals surface area contributed by atoms with Crippen molar-refractivity contribution < 1.29 is 19.4 Å². The third kappa shape index (κ3) is 12.2. The Morgan fingerprint density at radius 2 is 0.985 bits per heavy atom. The summed E-state index contributed by atoms with van der Waals surface area (Å²) in [5.41, 5.74) is 12.9. The highest BCUT2D eigenvalue weighted by atomic mass is 16.6. The molecule has 4 aliphatic rings. The van der Waals surface area contributed by atoms with E-state index < -0.39 is 0 Å². The van der Waals surface area contributed by atoms with E-state index in [4.69, 9.17) is 24.5 Å². The van der Waals surface area contributed by atoms with Crippen LogP contribution < -0.4 is 10.4 Å². The lowest BCUT2D eigenvalue weighted by Crippen LogP contribution is -2.17. The molecule has 8 nitrogen and oxygen atoms in total. The Bertz CT molecular complexity index is 2580. The maximum atomic E-state index is 12.5. The Morgan fingerprint density at radius 1 is 0.500 bits per heavy atom. The van der Waals surface area contributed by atoms with Crippen LogP contribution in [0.15, 0.2) is 135 Å². The minimum Gasteiger partial charge on any atom is -0.481 e. The van der Waals surface area contributed by atoms with E-state index in [1.54, 1.807) is 0 Å². The van der Waals surface area contributed by atoms with Gasteiger partial charge in [-0.15, -0.1) is 0 Å². The molecule has 0 aliphatic carbocycles. The molecule has 0 radical (unpaired) electrons. The number of aliphatic imine (C=N–C) groups is 3. The van der Waals surface area contributed by atoms with Gasteiger partial charge in [0.05, 0.1) is 59.2 Å². The predicted molar refractivity (Wildman–Crippen MR) is 274 cm³/mol. The van der Waals surface area contributed by atoms with E-state index in [0.29, 0.717) is 10.8 Å². The summed E-state index contributed by atoms with van der Waals surface area (Å²) >= 11 is 0. The quantitative estimate of drug-likeness (QED) is 0.0730. The number of benzene rings is 2. The minimum atomic E-state index is -0.369. The molecule has 0 unspecified atom stereocenters. The van der Waals surface area contributed by atoms with E-state index in [-0.39, 0.29) is 11.9 Å². The van der Waals surface area contributed by atoms with Gasteiger partial charge in [-0.05, 0) is 109 Å². The minimum absolute atomic E-state index is 0.117. The van der Waals surface area contributed by atoms with Gasteiger partial charge in [0.25, 0.3) is 5.95 Å².